The van der Waals surface area contributed by atoms with E-state index in [0.717, 1.165) is 4.88 Å². The molecule has 19 heavy (non-hydrogen) atoms. The maximum Gasteiger partial charge on any atom is 0.276 e. The van der Waals surface area contributed by atoms with Crippen LogP contribution in [0.3, 0.4) is 0 Å². The Bertz CT molecular complexity index is 630. The summed E-state index contributed by atoms with van der Waals surface area (Å²) in [5.41, 5.74) is 0.499. The van der Waals surface area contributed by atoms with Gasteiger partial charge in [-0.2, -0.15) is 0 Å². The fourth-order valence-corrected chi connectivity index (χ4v) is 2.70. The van der Waals surface area contributed by atoms with Crippen molar-refractivity contribution in [2.24, 2.45) is 0 Å². The van der Waals surface area contributed by atoms with Gasteiger partial charge in [-0.3, -0.25) is 9.69 Å². The maximum atomic E-state index is 12.2. The Morgan fingerprint density at radius 1 is 1.42 bits per heavy atom. The third-order valence-electron chi connectivity index (χ3n) is 2.69. The fourth-order valence-electron chi connectivity index (χ4n) is 1.79. The first-order chi connectivity index (χ1) is 9.24. The van der Waals surface area contributed by atoms with Crippen molar-refractivity contribution in [1.82, 2.24) is 10.2 Å². The molecule has 0 bridgehead atoms. The van der Waals surface area contributed by atoms with Crippen molar-refractivity contribution >= 4 is 40.7 Å². The first kappa shape index (κ1) is 12.1. The van der Waals surface area contributed by atoms with Crippen molar-refractivity contribution in [3.8, 4) is 0 Å². The minimum atomic E-state index is -0.130. The van der Waals surface area contributed by atoms with Crippen LogP contribution in [0.2, 0.25) is 0 Å². The van der Waals surface area contributed by atoms with Crippen molar-refractivity contribution in [1.29, 1.82) is 0 Å². The quantitative estimate of drug-likeness (QED) is 0.697. The number of hydrogen-bond donors (Lipinski definition) is 1. The molecule has 1 N–H and O–H groups in total. The Morgan fingerprint density at radius 3 is 3.00 bits per heavy atom. The number of nitrogens with one attached hydrogen (secondary N) is 1. The Balaban J connectivity index is 1.81. The van der Waals surface area contributed by atoms with Gasteiger partial charge < -0.3 is 9.73 Å². The molecule has 96 valence electrons. The molecule has 0 spiro atoms. The van der Waals surface area contributed by atoms with Crippen LogP contribution >= 0.6 is 23.6 Å². The van der Waals surface area contributed by atoms with Crippen molar-refractivity contribution in [3.05, 3.63) is 52.2 Å². The number of furan rings is 1. The molecule has 2 aromatic heterocycles. The SMILES string of the molecule is O=C1/C(=C/c2cccs2)NC(=S)N1Cc1ccco1. The number of thiocarbonyl (C=S) groups is 1. The molecule has 1 aliphatic heterocycles. The van der Waals surface area contributed by atoms with Crippen molar-refractivity contribution in [2.45, 2.75) is 6.54 Å². The third-order valence-corrected chi connectivity index (χ3v) is 3.83. The van der Waals surface area contributed by atoms with Gasteiger partial charge >= 0.3 is 0 Å². The molecule has 4 nitrogen and oxygen atoms in total. The van der Waals surface area contributed by atoms with Gasteiger partial charge in [-0.05, 0) is 41.9 Å². The van der Waals surface area contributed by atoms with E-state index in [0.29, 0.717) is 23.1 Å². The number of nitrogens with zero attached hydrogens (tertiary/aromatic N) is 1. The number of thiophene rings is 1. The predicted molar refractivity (Wildman–Crippen MR) is 77.3 cm³/mol. The van der Waals surface area contributed by atoms with E-state index in [1.54, 1.807) is 29.7 Å². The van der Waals surface area contributed by atoms with Crippen molar-refractivity contribution in [2.75, 3.05) is 0 Å². The summed E-state index contributed by atoms with van der Waals surface area (Å²) in [7, 11) is 0. The minimum absolute atomic E-state index is 0.130. The highest BCUT2D eigenvalue weighted by Gasteiger charge is 2.31. The van der Waals surface area contributed by atoms with Crippen LogP contribution in [-0.2, 0) is 11.3 Å². The van der Waals surface area contributed by atoms with Crippen LogP contribution in [0.15, 0.2) is 46.0 Å². The van der Waals surface area contributed by atoms with E-state index in [1.165, 1.54) is 4.90 Å². The summed E-state index contributed by atoms with van der Waals surface area (Å²) in [5, 5.41) is 5.31. The zero-order valence-electron chi connectivity index (χ0n) is 9.83. The van der Waals surface area contributed by atoms with Crippen LogP contribution in [0.1, 0.15) is 10.6 Å². The van der Waals surface area contributed by atoms with E-state index in [4.69, 9.17) is 16.6 Å². The van der Waals surface area contributed by atoms with Gasteiger partial charge in [0.2, 0.25) is 0 Å². The van der Waals surface area contributed by atoms with Crippen LogP contribution in [0.25, 0.3) is 6.08 Å². The monoisotopic (exact) mass is 290 g/mol. The average Bonchev–Trinajstić information content (AvgIpc) is 3.10. The lowest BCUT2D eigenvalue weighted by Gasteiger charge is -2.11. The largest absolute Gasteiger partial charge is 0.467 e. The highest BCUT2D eigenvalue weighted by Crippen LogP contribution is 2.19. The fraction of sp³-hybridized carbons (Fsp3) is 0.0769. The zero-order valence-corrected chi connectivity index (χ0v) is 11.5. The second kappa shape index (κ2) is 4.99. The van der Waals surface area contributed by atoms with Crippen LogP contribution in [-0.4, -0.2) is 15.9 Å². The predicted octanol–water partition coefficient (Wildman–Crippen LogP) is 2.60. The third kappa shape index (κ3) is 2.45. The van der Waals surface area contributed by atoms with E-state index >= 15 is 0 Å². The molecule has 0 aromatic carbocycles. The van der Waals surface area contributed by atoms with Gasteiger partial charge in [0, 0.05) is 4.88 Å². The van der Waals surface area contributed by atoms with Gasteiger partial charge in [-0.15, -0.1) is 11.3 Å². The van der Waals surface area contributed by atoms with Crippen molar-refractivity contribution in [3.63, 3.8) is 0 Å². The van der Waals surface area contributed by atoms with Crippen LogP contribution in [0.5, 0.6) is 0 Å². The summed E-state index contributed by atoms with van der Waals surface area (Å²) in [6, 6.07) is 7.49. The molecule has 0 saturated carbocycles. The molecular formula is C13H10N2O2S2. The van der Waals surface area contributed by atoms with Gasteiger partial charge in [-0.25, -0.2) is 0 Å². The number of carbonyl (C=O) groups excluding carboxylic acids is 1. The standard InChI is InChI=1S/C13H10N2O2S2/c16-12-11(7-10-4-2-6-19-10)14-13(18)15(12)8-9-3-1-5-17-9/h1-7H,8H2,(H,14,18)/b11-7-. The smallest absolute Gasteiger partial charge is 0.276 e. The van der Waals surface area contributed by atoms with Gasteiger partial charge in [0.25, 0.3) is 5.91 Å². The first-order valence-corrected chi connectivity index (χ1v) is 6.93. The minimum Gasteiger partial charge on any atom is -0.467 e. The lowest BCUT2D eigenvalue weighted by molar-refractivity contribution is -0.122. The molecule has 1 aliphatic rings. The van der Waals surface area contributed by atoms with Crippen molar-refractivity contribution < 1.29 is 9.21 Å². The van der Waals surface area contributed by atoms with E-state index in [9.17, 15) is 4.79 Å². The molecule has 2 aromatic rings. The second-order valence-corrected chi connectivity index (χ2v) is 5.34. The average molecular weight is 290 g/mol. The molecule has 1 saturated heterocycles. The lowest BCUT2D eigenvalue weighted by atomic mass is 10.3. The molecule has 6 heteroatoms. The second-order valence-electron chi connectivity index (χ2n) is 3.97. The molecule has 0 atom stereocenters. The van der Waals surface area contributed by atoms with Gasteiger partial charge in [0.1, 0.15) is 11.5 Å². The normalized spacial score (nSPS) is 17.3. The summed E-state index contributed by atoms with van der Waals surface area (Å²) < 4.78 is 5.23. The topological polar surface area (TPSA) is 45.5 Å². The first-order valence-electron chi connectivity index (χ1n) is 5.64. The van der Waals surface area contributed by atoms with E-state index in [1.807, 2.05) is 23.6 Å². The maximum absolute atomic E-state index is 12.2. The molecule has 1 amide bonds. The van der Waals surface area contributed by atoms with Crippen LogP contribution in [0.4, 0.5) is 0 Å². The van der Waals surface area contributed by atoms with Gasteiger partial charge in [0.05, 0.1) is 12.8 Å². The Kier molecular flexibility index (Phi) is 3.18. The zero-order chi connectivity index (χ0) is 13.2. The summed E-state index contributed by atoms with van der Waals surface area (Å²) in [6.45, 7) is 0.347. The van der Waals surface area contributed by atoms with E-state index in [2.05, 4.69) is 5.32 Å². The molecule has 0 aliphatic carbocycles. The number of hydrogen-bond acceptors (Lipinski definition) is 4. The Labute approximate surface area is 119 Å². The number of amides is 1. The molecule has 3 rings (SSSR count). The van der Waals surface area contributed by atoms with E-state index in [-0.39, 0.29) is 5.91 Å². The number of carbonyl (C=O) groups is 1. The summed E-state index contributed by atoms with van der Waals surface area (Å²) in [4.78, 5) is 14.7. The van der Waals surface area contributed by atoms with Crippen LogP contribution < -0.4 is 5.32 Å². The highest BCUT2D eigenvalue weighted by atomic mass is 32.1. The molecule has 1 fully saturated rings. The summed E-state index contributed by atoms with van der Waals surface area (Å²) in [5.74, 6) is 0.574. The van der Waals surface area contributed by atoms with Gasteiger partial charge in [-0.1, -0.05) is 6.07 Å². The number of rotatable bonds is 3. The van der Waals surface area contributed by atoms with Crippen LogP contribution in [0, 0.1) is 0 Å². The Morgan fingerprint density at radius 2 is 2.32 bits per heavy atom. The lowest BCUT2D eigenvalue weighted by Crippen LogP contribution is -2.29. The van der Waals surface area contributed by atoms with E-state index < -0.39 is 0 Å². The van der Waals surface area contributed by atoms with Gasteiger partial charge in [0.15, 0.2) is 5.11 Å². The summed E-state index contributed by atoms with van der Waals surface area (Å²) in [6.07, 6.45) is 3.39. The molecule has 0 radical (unpaired) electrons. The summed E-state index contributed by atoms with van der Waals surface area (Å²) >= 11 is 6.75. The molecular weight excluding hydrogens is 280 g/mol. The highest BCUT2D eigenvalue weighted by molar-refractivity contribution is 7.80. The Hall–Kier alpha value is -1.92. The molecule has 0 unspecified atom stereocenters. The molecule has 3 heterocycles.